The summed E-state index contributed by atoms with van der Waals surface area (Å²) in [5, 5.41) is 7.89. The standard InChI is InChI=1S/C13H21N3/c1-14-13(12-9-10-16(2)15-12)11-7-5-3-4-6-8-11/h7,9-10,13-14H,3-6,8H2,1-2H3. The van der Waals surface area contributed by atoms with Gasteiger partial charge < -0.3 is 5.32 Å². The Bertz CT molecular complexity index is 365. The van der Waals surface area contributed by atoms with Gasteiger partial charge in [-0.1, -0.05) is 18.1 Å². The maximum Gasteiger partial charge on any atom is 0.0835 e. The van der Waals surface area contributed by atoms with E-state index in [1.54, 1.807) is 0 Å². The molecule has 0 fully saturated rings. The molecule has 0 radical (unpaired) electrons. The van der Waals surface area contributed by atoms with Gasteiger partial charge in [0, 0.05) is 13.2 Å². The molecule has 0 aromatic carbocycles. The number of allylic oxidation sites excluding steroid dienone is 1. The first kappa shape index (κ1) is 11.4. The molecule has 0 amide bonds. The Balaban J connectivity index is 2.18. The van der Waals surface area contributed by atoms with Crippen LogP contribution in [0.15, 0.2) is 23.9 Å². The summed E-state index contributed by atoms with van der Waals surface area (Å²) in [6, 6.07) is 2.41. The molecule has 1 N–H and O–H groups in total. The Hall–Kier alpha value is -1.09. The van der Waals surface area contributed by atoms with Gasteiger partial charge in [-0.15, -0.1) is 0 Å². The summed E-state index contributed by atoms with van der Waals surface area (Å²) in [4.78, 5) is 0. The molecule has 16 heavy (non-hydrogen) atoms. The van der Waals surface area contributed by atoms with E-state index >= 15 is 0 Å². The highest BCUT2D eigenvalue weighted by molar-refractivity contribution is 5.22. The predicted molar refractivity (Wildman–Crippen MR) is 66.2 cm³/mol. The molecular formula is C13H21N3. The number of aromatic nitrogens is 2. The van der Waals surface area contributed by atoms with Crippen LogP contribution in [0.25, 0.3) is 0 Å². The number of nitrogens with zero attached hydrogens (tertiary/aromatic N) is 2. The van der Waals surface area contributed by atoms with Crippen molar-refractivity contribution in [3.8, 4) is 0 Å². The van der Waals surface area contributed by atoms with Crippen LogP contribution in [0.2, 0.25) is 0 Å². The Labute approximate surface area is 97.5 Å². The fourth-order valence-electron chi connectivity index (χ4n) is 2.41. The third-order valence-corrected chi connectivity index (χ3v) is 3.27. The van der Waals surface area contributed by atoms with E-state index in [4.69, 9.17) is 0 Å². The van der Waals surface area contributed by atoms with Crippen molar-refractivity contribution in [2.75, 3.05) is 7.05 Å². The van der Waals surface area contributed by atoms with Gasteiger partial charge in [0.15, 0.2) is 0 Å². The molecule has 0 saturated heterocycles. The first-order valence-electron chi connectivity index (χ1n) is 6.17. The molecule has 0 spiro atoms. The second kappa shape index (κ2) is 5.30. The molecule has 1 atom stereocenters. The smallest absolute Gasteiger partial charge is 0.0835 e. The monoisotopic (exact) mass is 219 g/mol. The van der Waals surface area contributed by atoms with E-state index in [1.165, 1.54) is 37.7 Å². The summed E-state index contributed by atoms with van der Waals surface area (Å²) < 4.78 is 1.87. The van der Waals surface area contributed by atoms with Gasteiger partial charge in [-0.05, 0) is 38.8 Å². The van der Waals surface area contributed by atoms with Crippen LogP contribution in [-0.2, 0) is 7.05 Å². The number of hydrogen-bond donors (Lipinski definition) is 1. The zero-order chi connectivity index (χ0) is 11.4. The summed E-state index contributed by atoms with van der Waals surface area (Å²) in [5.41, 5.74) is 2.65. The minimum Gasteiger partial charge on any atom is -0.308 e. The normalized spacial score (nSPS) is 19.0. The van der Waals surface area contributed by atoms with E-state index < -0.39 is 0 Å². The quantitative estimate of drug-likeness (QED) is 0.792. The Morgan fingerprint density at radius 3 is 2.94 bits per heavy atom. The highest BCUT2D eigenvalue weighted by Gasteiger charge is 2.17. The van der Waals surface area contributed by atoms with Gasteiger partial charge in [-0.2, -0.15) is 5.10 Å². The number of nitrogens with one attached hydrogen (secondary N) is 1. The largest absolute Gasteiger partial charge is 0.308 e. The van der Waals surface area contributed by atoms with E-state index in [0.717, 1.165) is 5.69 Å². The van der Waals surface area contributed by atoms with Crippen LogP contribution in [0.1, 0.15) is 43.8 Å². The van der Waals surface area contributed by atoms with Gasteiger partial charge in [0.1, 0.15) is 0 Å². The van der Waals surface area contributed by atoms with E-state index in [0.29, 0.717) is 6.04 Å². The summed E-state index contributed by atoms with van der Waals surface area (Å²) in [6.45, 7) is 0. The van der Waals surface area contributed by atoms with Gasteiger partial charge in [0.05, 0.1) is 11.7 Å². The van der Waals surface area contributed by atoms with Crippen molar-refractivity contribution in [1.29, 1.82) is 0 Å². The van der Waals surface area contributed by atoms with E-state index in [1.807, 2.05) is 25.0 Å². The maximum atomic E-state index is 4.50. The average Bonchev–Trinajstić information content (AvgIpc) is 2.55. The van der Waals surface area contributed by atoms with Crippen molar-refractivity contribution < 1.29 is 0 Å². The molecule has 0 aliphatic heterocycles. The van der Waals surface area contributed by atoms with Crippen LogP contribution >= 0.6 is 0 Å². The van der Waals surface area contributed by atoms with Crippen molar-refractivity contribution in [3.63, 3.8) is 0 Å². The molecular weight excluding hydrogens is 198 g/mol. The van der Waals surface area contributed by atoms with Crippen LogP contribution in [0.3, 0.4) is 0 Å². The van der Waals surface area contributed by atoms with E-state index in [-0.39, 0.29) is 0 Å². The maximum absolute atomic E-state index is 4.50. The van der Waals surface area contributed by atoms with Crippen molar-refractivity contribution in [2.45, 2.75) is 38.1 Å². The molecule has 0 saturated carbocycles. The molecule has 3 nitrogen and oxygen atoms in total. The zero-order valence-corrected chi connectivity index (χ0v) is 10.2. The lowest BCUT2D eigenvalue weighted by molar-refractivity contribution is 0.601. The Morgan fingerprint density at radius 2 is 2.25 bits per heavy atom. The Kier molecular flexibility index (Phi) is 3.78. The van der Waals surface area contributed by atoms with E-state index in [2.05, 4.69) is 22.6 Å². The highest BCUT2D eigenvalue weighted by atomic mass is 15.3. The number of hydrogen-bond acceptors (Lipinski definition) is 2. The third kappa shape index (κ3) is 2.53. The lowest BCUT2D eigenvalue weighted by Crippen LogP contribution is -2.19. The molecule has 1 aliphatic carbocycles. The topological polar surface area (TPSA) is 29.9 Å². The van der Waals surface area contributed by atoms with Gasteiger partial charge in [0.2, 0.25) is 0 Å². The van der Waals surface area contributed by atoms with Gasteiger partial charge in [-0.25, -0.2) is 0 Å². The molecule has 2 rings (SSSR count). The molecule has 1 aromatic heterocycles. The molecule has 1 aromatic rings. The second-order valence-electron chi connectivity index (χ2n) is 4.51. The summed E-state index contributed by atoms with van der Waals surface area (Å²) in [5.74, 6) is 0. The molecule has 1 heterocycles. The van der Waals surface area contributed by atoms with Crippen LogP contribution in [-0.4, -0.2) is 16.8 Å². The molecule has 88 valence electrons. The molecule has 3 heteroatoms. The third-order valence-electron chi connectivity index (χ3n) is 3.27. The summed E-state index contributed by atoms with van der Waals surface area (Å²) >= 11 is 0. The molecule has 0 bridgehead atoms. The van der Waals surface area contributed by atoms with E-state index in [9.17, 15) is 0 Å². The number of rotatable bonds is 3. The lowest BCUT2D eigenvalue weighted by atomic mass is 9.99. The minimum absolute atomic E-state index is 0.305. The van der Waals surface area contributed by atoms with Crippen molar-refractivity contribution >= 4 is 0 Å². The summed E-state index contributed by atoms with van der Waals surface area (Å²) in [7, 11) is 3.99. The van der Waals surface area contributed by atoms with Gasteiger partial charge in [0.25, 0.3) is 0 Å². The van der Waals surface area contributed by atoms with Crippen LogP contribution in [0.4, 0.5) is 0 Å². The zero-order valence-electron chi connectivity index (χ0n) is 10.2. The fraction of sp³-hybridized carbons (Fsp3) is 0.615. The average molecular weight is 219 g/mol. The summed E-state index contributed by atoms with van der Waals surface area (Å²) in [6.07, 6.45) is 10.9. The van der Waals surface area contributed by atoms with Crippen LogP contribution in [0, 0.1) is 0 Å². The Morgan fingerprint density at radius 1 is 1.38 bits per heavy atom. The predicted octanol–water partition coefficient (Wildman–Crippen LogP) is 2.57. The van der Waals surface area contributed by atoms with Crippen LogP contribution in [0.5, 0.6) is 0 Å². The highest BCUT2D eigenvalue weighted by Crippen LogP contribution is 2.27. The molecule has 1 aliphatic rings. The lowest BCUT2D eigenvalue weighted by Gasteiger charge is -2.17. The number of aryl methyl sites for hydroxylation is 1. The molecule has 1 unspecified atom stereocenters. The first-order valence-corrected chi connectivity index (χ1v) is 6.17. The van der Waals surface area contributed by atoms with Gasteiger partial charge >= 0.3 is 0 Å². The van der Waals surface area contributed by atoms with Gasteiger partial charge in [-0.3, -0.25) is 4.68 Å². The second-order valence-corrected chi connectivity index (χ2v) is 4.51. The fourth-order valence-corrected chi connectivity index (χ4v) is 2.41. The van der Waals surface area contributed by atoms with Crippen LogP contribution < -0.4 is 5.32 Å². The van der Waals surface area contributed by atoms with Crippen molar-refractivity contribution in [1.82, 2.24) is 15.1 Å². The SMILES string of the molecule is CNC(C1=CCCCCC1)c1ccn(C)n1. The van der Waals surface area contributed by atoms with Crippen molar-refractivity contribution in [2.24, 2.45) is 7.05 Å². The van der Waals surface area contributed by atoms with Crippen molar-refractivity contribution in [3.05, 3.63) is 29.6 Å². The number of likely N-dealkylation sites (N-methyl/N-ethyl adjacent to an activating group) is 1. The first-order chi connectivity index (χ1) is 7.81. The minimum atomic E-state index is 0.305.